The van der Waals surface area contributed by atoms with E-state index >= 15 is 0 Å². The first-order chi connectivity index (χ1) is 19.9. The number of hydrogen-bond donors (Lipinski definition) is 5. The summed E-state index contributed by atoms with van der Waals surface area (Å²) in [5.41, 5.74) is 2.51. The van der Waals surface area contributed by atoms with Crippen molar-refractivity contribution in [2.45, 2.75) is 12.6 Å². The van der Waals surface area contributed by atoms with Gasteiger partial charge in [-0.3, -0.25) is 9.59 Å². The van der Waals surface area contributed by atoms with Crippen LogP contribution in [0.25, 0.3) is 21.0 Å². The quantitative estimate of drug-likeness (QED) is 0.177. The van der Waals surface area contributed by atoms with Crippen LogP contribution in [0.3, 0.4) is 0 Å². The molecule has 6 rings (SSSR count). The molecule has 0 aliphatic carbocycles. The molecule has 41 heavy (non-hydrogen) atoms. The minimum atomic E-state index is -0.381. The maximum absolute atomic E-state index is 13.1. The van der Waals surface area contributed by atoms with Gasteiger partial charge in [-0.1, -0.05) is 12.1 Å². The van der Waals surface area contributed by atoms with Gasteiger partial charge in [-0.05, 0) is 53.6 Å². The zero-order chi connectivity index (χ0) is 28.5. The molecule has 2 aromatic carbocycles. The number of carbonyl (C=O) groups excluding carboxylic acids is 2. The minimum Gasteiger partial charge on any atom is -0.497 e. The SMILES string of the molecule is COc1ccc(CNC(=O)c2cnc(Cl)nc2Nc2ccc3c(ccc4sc5c(c43)NC[C@@H](CO)NC5=O)n2)cc1. The number of methoxy groups -OCH3 is 1. The highest BCUT2D eigenvalue weighted by Crippen LogP contribution is 2.41. The van der Waals surface area contributed by atoms with Gasteiger partial charge < -0.3 is 31.1 Å². The third-order valence-corrected chi connectivity index (χ3v) is 8.01. The van der Waals surface area contributed by atoms with Gasteiger partial charge in [0.2, 0.25) is 5.28 Å². The lowest BCUT2D eigenvalue weighted by Gasteiger charge is -2.13. The Labute approximate surface area is 242 Å². The Balaban J connectivity index is 1.28. The van der Waals surface area contributed by atoms with E-state index < -0.39 is 0 Å². The Morgan fingerprint density at radius 2 is 2.00 bits per heavy atom. The lowest BCUT2D eigenvalue weighted by Crippen LogP contribution is -2.39. The molecule has 1 atom stereocenters. The lowest BCUT2D eigenvalue weighted by molar-refractivity contribution is 0.0926. The molecule has 208 valence electrons. The standard InChI is InChI=1S/C28H24ClN7O4S/c1-40-16-4-2-14(3-5-16)10-31-26(38)18-12-32-28(29)36-25(18)35-21-9-6-17-19(34-21)7-8-20-22(17)23-24(41-20)27(39)33-15(13-37)11-30-23/h2-9,12,15,30,37H,10-11,13H2,1H3,(H,31,38)(H,33,39)(H,32,34,35,36)/t15-/m0/s1. The fraction of sp³-hybridized carbons (Fsp3) is 0.179. The Bertz CT molecular complexity index is 1790. The summed E-state index contributed by atoms with van der Waals surface area (Å²) >= 11 is 7.46. The average molecular weight is 590 g/mol. The maximum Gasteiger partial charge on any atom is 0.263 e. The topological polar surface area (TPSA) is 150 Å². The number of pyridine rings is 1. The average Bonchev–Trinajstić information content (AvgIpc) is 3.29. The Kier molecular flexibility index (Phi) is 7.26. The zero-order valence-corrected chi connectivity index (χ0v) is 23.3. The molecule has 11 nitrogen and oxygen atoms in total. The van der Waals surface area contributed by atoms with Crippen LogP contribution in [-0.2, 0) is 6.54 Å². The van der Waals surface area contributed by atoms with E-state index in [0.717, 1.165) is 32.5 Å². The van der Waals surface area contributed by atoms with Crippen LogP contribution in [0.15, 0.2) is 54.7 Å². The first-order valence-corrected chi connectivity index (χ1v) is 13.9. The largest absolute Gasteiger partial charge is 0.497 e. The summed E-state index contributed by atoms with van der Waals surface area (Å²) in [6.45, 7) is 0.547. The fourth-order valence-electron chi connectivity index (χ4n) is 4.60. The number of rotatable bonds is 7. The van der Waals surface area contributed by atoms with Crippen molar-refractivity contribution in [1.29, 1.82) is 0 Å². The van der Waals surface area contributed by atoms with E-state index in [4.69, 9.17) is 21.3 Å². The Hall–Kier alpha value is -4.52. The van der Waals surface area contributed by atoms with Gasteiger partial charge in [0.1, 0.15) is 27.8 Å². The number of amides is 2. The fourth-order valence-corrected chi connectivity index (χ4v) is 5.83. The molecule has 0 unspecified atom stereocenters. The maximum atomic E-state index is 13.1. The van der Waals surface area contributed by atoms with E-state index in [9.17, 15) is 14.7 Å². The molecule has 0 spiro atoms. The molecule has 1 aliphatic rings. The van der Waals surface area contributed by atoms with Crippen molar-refractivity contribution in [3.8, 4) is 5.75 Å². The number of thiophene rings is 1. The smallest absolute Gasteiger partial charge is 0.263 e. The van der Waals surface area contributed by atoms with Gasteiger partial charge in [-0.15, -0.1) is 11.3 Å². The molecule has 0 fully saturated rings. The summed E-state index contributed by atoms with van der Waals surface area (Å²) < 4.78 is 6.11. The summed E-state index contributed by atoms with van der Waals surface area (Å²) in [6.07, 6.45) is 1.36. The van der Waals surface area contributed by atoms with Crippen LogP contribution in [0.1, 0.15) is 25.6 Å². The third kappa shape index (κ3) is 5.32. The molecule has 4 heterocycles. The Morgan fingerprint density at radius 3 is 2.78 bits per heavy atom. The Morgan fingerprint density at radius 1 is 1.17 bits per heavy atom. The molecule has 0 saturated heterocycles. The van der Waals surface area contributed by atoms with E-state index in [1.165, 1.54) is 17.5 Å². The molecule has 2 amide bonds. The van der Waals surface area contributed by atoms with Crippen molar-refractivity contribution in [2.75, 3.05) is 30.9 Å². The van der Waals surface area contributed by atoms with Crippen LogP contribution < -0.4 is 26.0 Å². The van der Waals surface area contributed by atoms with Crippen molar-refractivity contribution < 1.29 is 19.4 Å². The number of ether oxygens (including phenoxy) is 1. The second-order valence-electron chi connectivity index (χ2n) is 9.30. The lowest BCUT2D eigenvalue weighted by atomic mass is 10.1. The van der Waals surface area contributed by atoms with E-state index in [0.29, 0.717) is 29.3 Å². The number of halogens is 1. The van der Waals surface area contributed by atoms with Crippen molar-refractivity contribution in [2.24, 2.45) is 0 Å². The molecular formula is C28H24ClN7O4S. The monoisotopic (exact) mass is 589 g/mol. The number of anilines is 3. The molecule has 0 radical (unpaired) electrons. The highest BCUT2D eigenvalue weighted by atomic mass is 35.5. The van der Waals surface area contributed by atoms with E-state index in [1.54, 1.807) is 13.2 Å². The van der Waals surface area contributed by atoms with Crippen LogP contribution in [0, 0.1) is 0 Å². The normalized spacial score (nSPS) is 14.6. The molecular weight excluding hydrogens is 566 g/mol. The third-order valence-electron chi connectivity index (χ3n) is 6.67. The van der Waals surface area contributed by atoms with Gasteiger partial charge in [-0.2, -0.15) is 4.98 Å². The van der Waals surface area contributed by atoms with Gasteiger partial charge in [0.25, 0.3) is 11.8 Å². The van der Waals surface area contributed by atoms with Crippen molar-refractivity contribution in [3.05, 3.63) is 76.0 Å². The summed E-state index contributed by atoms with van der Waals surface area (Å²) in [4.78, 5) is 39.3. The highest BCUT2D eigenvalue weighted by molar-refractivity contribution is 7.21. The zero-order valence-electron chi connectivity index (χ0n) is 21.7. The second kappa shape index (κ2) is 11.2. The molecule has 0 bridgehead atoms. The van der Waals surface area contributed by atoms with Gasteiger partial charge in [0.15, 0.2) is 0 Å². The summed E-state index contributed by atoms with van der Waals surface area (Å²) in [5, 5.41) is 23.4. The van der Waals surface area contributed by atoms with Gasteiger partial charge in [-0.25, -0.2) is 9.97 Å². The van der Waals surface area contributed by atoms with Gasteiger partial charge in [0, 0.05) is 34.8 Å². The molecule has 5 N–H and O–H groups in total. The molecule has 3 aromatic heterocycles. The predicted octanol–water partition coefficient (Wildman–Crippen LogP) is 4.09. The molecule has 5 aromatic rings. The number of aliphatic hydroxyl groups excluding tert-OH is 1. The van der Waals surface area contributed by atoms with Crippen LogP contribution in [0.2, 0.25) is 5.28 Å². The van der Waals surface area contributed by atoms with Crippen LogP contribution in [0.5, 0.6) is 5.75 Å². The summed E-state index contributed by atoms with van der Waals surface area (Å²) in [5.74, 6) is 0.788. The van der Waals surface area contributed by atoms with E-state index in [-0.39, 0.29) is 41.1 Å². The minimum absolute atomic E-state index is 0.0202. The first kappa shape index (κ1) is 26.7. The number of aliphatic hydroxyl groups is 1. The number of aromatic nitrogens is 3. The van der Waals surface area contributed by atoms with Crippen LogP contribution in [0.4, 0.5) is 17.3 Å². The number of nitrogens with one attached hydrogen (secondary N) is 4. The van der Waals surface area contributed by atoms with Crippen LogP contribution in [-0.4, -0.2) is 58.2 Å². The number of carbonyl (C=O) groups is 2. The number of nitrogens with zero attached hydrogens (tertiary/aromatic N) is 3. The molecule has 0 saturated carbocycles. The van der Waals surface area contributed by atoms with Crippen molar-refractivity contribution >= 4 is 73.1 Å². The number of benzene rings is 2. The van der Waals surface area contributed by atoms with Crippen LogP contribution >= 0.6 is 22.9 Å². The van der Waals surface area contributed by atoms with Gasteiger partial charge >= 0.3 is 0 Å². The number of hydrogen-bond acceptors (Lipinski definition) is 10. The molecule has 1 aliphatic heterocycles. The second-order valence-corrected chi connectivity index (χ2v) is 10.7. The summed E-state index contributed by atoms with van der Waals surface area (Å²) in [7, 11) is 1.60. The van der Waals surface area contributed by atoms with Crippen molar-refractivity contribution in [3.63, 3.8) is 0 Å². The van der Waals surface area contributed by atoms with E-state index in [1.807, 2.05) is 42.5 Å². The predicted molar refractivity (Wildman–Crippen MR) is 158 cm³/mol. The summed E-state index contributed by atoms with van der Waals surface area (Å²) in [6, 6.07) is 14.5. The van der Waals surface area contributed by atoms with E-state index in [2.05, 4.69) is 31.2 Å². The van der Waals surface area contributed by atoms with Gasteiger partial charge in [0.05, 0.1) is 31.0 Å². The molecule has 13 heteroatoms. The highest BCUT2D eigenvalue weighted by Gasteiger charge is 2.26. The van der Waals surface area contributed by atoms with Crippen molar-refractivity contribution in [1.82, 2.24) is 25.6 Å². The first-order valence-electron chi connectivity index (χ1n) is 12.7. The number of fused-ring (bicyclic) bond motifs is 5.